The number of hydrogen-bond donors (Lipinski definition) is 0. The number of para-hydroxylation sites is 1. The van der Waals surface area contributed by atoms with E-state index in [1.807, 2.05) is 36.4 Å². The zero-order chi connectivity index (χ0) is 26.5. The van der Waals surface area contributed by atoms with Crippen LogP contribution in [0.4, 0.5) is 17.1 Å². The SMILES string of the molecule is c1ccc(-c2ccc(N(c3ccccc3)c3cc4c5c(cccc5c3)-c3oc(-c5ccccc5)nc3-4)cc2)cc1. The zero-order valence-electron chi connectivity index (χ0n) is 21.7. The maximum absolute atomic E-state index is 6.38. The van der Waals surface area contributed by atoms with E-state index < -0.39 is 0 Å². The molecule has 0 aliphatic heterocycles. The summed E-state index contributed by atoms with van der Waals surface area (Å²) >= 11 is 0. The predicted octanol–water partition coefficient (Wildman–Crippen LogP) is 10.3. The standard InChI is InChI=1S/C37H24N2O/c1-4-11-25(12-5-1)26-19-21-30(22-20-26)39(29-16-8-3-9-17-29)31-23-28-15-10-18-32-34(28)33(24-31)35-36(32)40-37(38-35)27-13-6-2-7-14-27/h1-24H. The topological polar surface area (TPSA) is 29.3 Å². The van der Waals surface area contributed by atoms with Gasteiger partial charge in [-0.3, -0.25) is 0 Å². The van der Waals surface area contributed by atoms with E-state index in [1.54, 1.807) is 0 Å². The fraction of sp³-hybridized carbons (Fsp3) is 0. The summed E-state index contributed by atoms with van der Waals surface area (Å²) in [6, 6.07) is 50.9. The number of fused-ring (bicyclic) bond motifs is 3. The summed E-state index contributed by atoms with van der Waals surface area (Å²) in [5.74, 6) is 1.49. The first-order valence-corrected chi connectivity index (χ1v) is 13.5. The smallest absolute Gasteiger partial charge is 0.227 e. The van der Waals surface area contributed by atoms with E-state index >= 15 is 0 Å². The van der Waals surface area contributed by atoms with Crippen molar-refractivity contribution in [2.24, 2.45) is 0 Å². The number of aromatic nitrogens is 1. The molecular formula is C37H24N2O. The largest absolute Gasteiger partial charge is 0.435 e. The molecule has 0 amide bonds. The molecule has 3 heteroatoms. The molecule has 8 rings (SSSR count). The van der Waals surface area contributed by atoms with Crippen molar-refractivity contribution in [1.29, 1.82) is 0 Å². The van der Waals surface area contributed by atoms with Gasteiger partial charge in [-0.05, 0) is 65.0 Å². The number of hydrogen-bond acceptors (Lipinski definition) is 3. The molecule has 7 aromatic rings. The summed E-state index contributed by atoms with van der Waals surface area (Å²) in [5, 5.41) is 2.36. The second-order valence-electron chi connectivity index (χ2n) is 10.0. The molecule has 0 fully saturated rings. The summed E-state index contributed by atoms with van der Waals surface area (Å²) in [6.45, 7) is 0. The summed E-state index contributed by atoms with van der Waals surface area (Å²) < 4.78 is 6.38. The van der Waals surface area contributed by atoms with Gasteiger partial charge in [-0.2, -0.15) is 0 Å². The number of rotatable bonds is 5. The van der Waals surface area contributed by atoms with Crippen LogP contribution in [0.1, 0.15) is 0 Å². The Hall–Kier alpha value is -5.41. The molecule has 0 spiro atoms. The van der Waals surface area contributed by atoms with Gasteiger partial charge in [-0.25, -0.2) is 4.98 Å². The Morgan fingerprint density at radius 2 is 1.10 bits per heavy atom. The van der Waals surface area contributed by atoms with Crippen molar-refractivity contribution >= 4 is 27.8 Å². The lowest BCUT2D eigenvalue weighted by Gasteiger charge is -2.26. The van der Waals surface area contributed by atoms with Gasteiger partial charge in [0.15, 0.2) is 5.76 Å². The molecule has 1 aliphatic rings. The predicted molar refractivity (Wildman–Crippen MR) is 164 cm³/mol. The highest BCUT2D eigenvalue weighted by Crippen LogP contribution is 2.51. The van der Waals surface area contributed by atoms with Gasteiger partial charge in [0.2, 0.25) is 5.89 Å². The van der Waals surface area contributed by atoms with Crippen LogP contribution in [0, 0.1) is 0 Å². The van der Waals surface area contributed by atoms with Gasteiger partial charge in [0.1, 0.15) is 5.69 Å². The Bertz CT molecular complexity index is 1980. The molecule has 0 atom stereocenters. The average Bonchev–Trinajstić information content (AvgIpc) is 3.59. The minimum atomic E-state index is 0.648. The first kappa shape index (κ1) is 22.6. The summed E-state index contributed by atoms with van der Waals surface area (Å²) in [5.41, 5.74) is 9.76. The zero-order valence-corrected chi connectivity index (χ0v) is 21.7. The second kappa shape index (κ2) is 9.11. The monoisotopic (exact) mass is 512 g/mol. The lowest BCUT2D eigenvalue weighted by Crippen LogP contribution is -2.10. The van der Waals surface area contributed by atoms with E-state index in [4.69, 9.17) is 9.40 Å². The molecule has 0 bridgehead atoms. The van der Waals surface area contributed by atoms with E-state index in [1.165, 1.54) is 21.9 Å². The highest BCUT2D eigenvalue weighted by Gasteiger charge is 2.29. The van der Waals surface area contributed by atoms with Crippen LogP contribution >= 0.6 is 0 Å². The van der Waals surface area contributed by atoms with E-state index in [2.05, 4.69) is 114 Å². The van der Waals surface area contributed by atoms with Gasteiger partial charge >= 0.3 is 0 Å². The molecule has 1 aliphatic carbocycles. The van der Waals surface area contributed by atoms with E-state index in [-0.39, 0.29) is 0 Å². The normalized spacial score (nSPS) is 11.5. The van der Waals surface area contributed by atoms with Crippen molar-refractivity contribution in [3.05, 3.63) is 146 Å². The lowest BCUT2D eigenvalue weighted by atomic mass is 10.0. The third kappa shape index (κ3) is 3.63. The number of nitrogens with zero attached hydrogens (tertiary/aromatic N) is 2. The highest BCUT2D eigenvalue weighted by atomic mass is 16.4. The Morgan fingerprint density at radius 3 is 1.82 bits per heavy atom. The Morgan fingerprint density at radius 1 is 0.475 bits per heavy atom. The molecule has 0 unspecified atom stereocenters. The molecule has 1 aromatic heterocycles. The van der Waals surface area contributed by atoms with E-state index in [0.29, 0.717) is 5.89 Å². The Kier molecular flexibility index (Phi) is 5.14. The van der Waals surface area contributed by atoms with Gasteiger partial charge in [0.05, 0.1) is 0 Å². The minimum absolute atomic E-state index is 0.648. The van der Waals surface area contributed by atoms with Crippen molar-refractivity contribution in [2.75, 3.05) is 4.90 Å². The molecule has 3 nitrogen and oxygen atoms in total. The number of benzene rings is 6. The molecule has 40 heavy (non-hydrogen) atoms. The molecular weight excluding hydrogens is 488 g/mol. The summed E-state index contributed by atoms with van der Waals surface area (Å²) in [7, 11) is 0. The summed E-state index contributed by atoms with van der Waals surface area (Å²) in [6.07, 6.45) is 0. The van der Waals surface area contributed by atoms with Crippen LogP contribution in [-0.2, 0) is 0 Å². The van der Waals surface area contributed by atoms with Crippen molar-refractivity contribution in [3.63, 3.8) is 0 Å². The van der Waals surface area contributed by atoms with Crippen LogP contribution in [0.25, 0.3) is 55.9 Å². The fourth-order valence-corrected chi connectivity index (χ4v) is 5.76. The third-order valence-electron chi connectivity index (χ3n) is 7.61. The molecule has 1 heterocycles. The molecule has 0 saturated carbocycles. The average molecular weight is 513 g/mol. The third-order valence-corrected chi connectivity index (χ3v) is 7.61. The first-order valence-electron chi connectivity index (χ1n) is 13.5. The van der Waals surface area contributed by atoms with Crippen LogP contribution in [-0.4, -0.2) is 4.98 Å². The van der Waals surface area contributed by atoms with Gasteiger partial charge < -0.3 is 9.32 Å². The maximum Gasteiger partial charge on any atom is 0.227 e. The molecule has 188 valence electrons. The van der Waals surface area contributed by atoms with Crippen molar-refractivity contribution in [2.45, 2.75) is 0 Å². The molecule has 6 aromatic carbocycles. The lowest BCUT2D eigenvalue weighted by molar-refractivity contribution is 0.590. The maximum atomic E-state index is 6.38. The first-order chi connectivity index (χ1) is 19.8. The summed E-state index contributed by atoms with van der Waals surface area (Å²) in [4.78, 5) is 7.32. The molecule has 0 radical (unpaired) electrons. The van der Waals surface area contributed by atoms with Crippen LogP contribution in [0.5, 0.6) is 0 Å². The van der Waals surface area contributed by atoms with Crippen LogP contribution in [0.2, 0.25) is 0 Å². The highest BCUT2D eigenvalue weighted by molar-refractivity contribution is 6.15. The van der Waals surface area contributed by atoms with Gasteiger partial charge in [0.25, 0.3) is 0 Å². The fourth-order valence-electron chi connectivity index (χ4n) is 5.76. The van der Waals surface area contributed by atoms with E-state index in [0.717, 1.165) is 45.2 Å². The molecule has 0 saturated heterocycles. The van der Waals surface area contributed by atoms with Crippen LogP contribution < -0.4 is 4.90 Å². The second-order valence-corrected chi connectivity index (χ2v) is 10.0. The minimum Gasteiger partial charge on any atom is -0.435 e. The van der Waals surface area contributed by atoms with Crippen molar-refractivity contribution < 1.29 is 4.42 Å². The Labute approximate surface area is 232 Å². The van der Waals surface area contributed by atoms with E-state index in [9.17, 15) is 0 Å². The van der Waals surface area contributed by atoms with Crippen molar-refractivity contribution in [3.8, 4) is 45.2 Å². The van der Waals surface area contributed by atoms with Gasteiger partial charge in [-0.1, -0.05) is 97.1 Å². The number of anilines is 3. The van der Waals surface area contributed by atoms with Crippen LogP contribution in [0.3, 0.4) is 0 Å². The van der Waals surface area contributed by atoms with Gasteiger partial charge in [-0.15, -0.1) is 0 Å². The van der Waals surface area contributed by atoms with Crippen molar-refractivity contribution in [1.82, 2.24) is 4.98 Å². The quantitative estimate of drug-likeness (QED) is 0.230. The van der Waals surface area contributed by atoms with Crippen LogP contribution in [0.15, 0.2) is 150 Å². The Balaban J connectivity index is 1.29. The number of oxazole rings is 1. The van der Waals surface area contributed by atoms with Gasteiger partial charge in [0, 0.05) is 39.1 Å². The molecule has 0 N–H and O–H groups in total.